The summed E-state index contributed by atoms with van der Waals surface area (Å²) in [6, 6.07) is 3.65. The van der Waals surface area contributed by atoms with Gasteiger partial charge < -0.3 is 19.1 Å². The number of aromatic carboxylic acids is 1. The molecule has 0 radical (unpaired) electrons. The normalized spacial score (nSPS) is 11.7. The number of hydrogen-bond donors (Lipinski definition) is 1. The van der Waals surface area contributed by atoms with Crippen molar-refractivity contribution >= 4 is 16.9 Å². The lowest BCUT2D eigenvalue weighted by molar-refractivity contribution is -0.275. The topological polar surface area (TPSA) is 60.7 Å². The van der Waals surface area contributed by atoms with E-state index in [4.69, 9.17) is 9.84 Å². The Morgan fingerprint density at radius 1 is 1.25 bits per heavy atom. The molecule has 0 saturated heterocycles. The highest BCUT2D eigenvalue weighted by Crippen LogP contribution is 2.36. The zero-order valence-corrected chi connectivity index (χ0v) is 10.5. The summed E-state index contributed by atoms with van der Waals surface area (Å²) < 4.78 is 46.9. The fourth-order valence-corrected chi connectivity index (χ4v) is 1.91. The van der Waals surface area contributed by atoms with E-state index in [1.165, 1.54) is 30.9 Å². The van der Waals surface area contributed by atoms with Crippen molar-refractivity contribution in [1.82, 2.24) is 4.57 Å². The van der Waals surface area contributed by atoms with Crippen LogP contribution >= 0.6 is 0 Å². The maximum absolute atomic E-state index is 12.3. The molecule has 8 heteroatoms. The van der Waals surface area contributed by atoms with E-state index in [9.17, 15) is 18.0 Å². The van der Waals surface area contributed by atoms with Gasteiger partial charge in [0.2, 0.25) is 0 Å². The minimum Gasteiger partial charge on any atom is -0.493 e. The molecule has 20 heavy (non-hydrogen) atoms. The fourth-order valence-electron chi connectivity index (χ4n) is 1.91. The van der Waals surface area contributed by atoms with E-state index in [1.807, 2.05) is 0 Å². The summed E-state index contributed by atoms with van der Waals surface area (Å²) in [5.41, 5.74) is 0.375. The first-order valence-corrected chi connectivity index (χ1v) is 5.39. The number of alkyl halides is 3. The molecule has 0 aliphatic carbocycles. The summed E-state index contributed by atoms with van der Waals surface area (Å²) >= 11 is 0. The number of rotatable bonds is 3. The van der Waals surface area contributed by atoms with Crippen LogP contribution in [0.25, 0.3) is 10.9 Å². The number of hydrogen-bond acceptors (Lipinski definition) is 3. The largest absolute Gasteiger partial charge is 0.573 e. The number of aromatic nitrogens is 1. The maximum Gasteiger partial charge on any atom is 0.573 e. The quantitative estimate of drug-likeness (QED) is 0.943. The number of methoxy groups -OCH3 is 1. The first-order chi connectivity index (χ1) is 9.23. The summed E-state index contributed by atoms with van der Waals surface area (Å²) in [6.07, 6.45) is -4.86. The van der Waals surface area contributed by atoms with Gasteiger partial charge in [0, 0.05) is 18.5 Å². The molecule has 1 aromatic carbocycles. The Hall–Kier alpha value is -2.38. The van der Waals surface area contributed by atoms with Gasteiger partial charge in [-0.3, -0.25) is 0 Å². The van der Waals surface area contributed by atoms with Crippen molar-refractivity contribution in [3.63, 3.8) is 0 Å². The first-order valence-electron chi connectivity index (χ1n) is 5.39. The Bertz CT molecular complexity index is 675. The van der Waals surface area contributed by atoms with Gasteiger partial charge in [-0.2, -0.15) is 0 Å². The molecule has 0 aliphatic heterocycles. The van der Waals surface area contributed by atoms with Crippen molar-refractivity contribution in [2.24, 2.45) is 7.05 Å². The summed E-state index contributed by atoms with van der Waals surface area (Å²) in [5, 5.41) is 9.30. The van der Waals surface area contributed by atoms with Gasteiger partial charge in [0.05, 0.1) is 12.6 Å². The maximum atomic E-state index is 12.3. The highest BCUT2D eigenvalue weighted by Gasteiger charge is 2.33. The van der Waals surface area contributed by atoms with Crippen LogP contribution in [0.15, 0.2) is 18.2 Å². The predicted molar refractivity (Wildman–Crippen MR) is 63.1 cm³/mol. The standard InChI is InChI=1S/C12H10F3NO4/c1-16-7-5-9(19-2)10(20-12(13,14)15)4-6(7)3-8(16)11(17)18/h3-5H,1-2H3,(H,17,18). The van der Waals surface area contributed by atoms with Gasteiger partial charge in [0.1, 0.15) is 5.69 Å². The zero-order valence-electron chi connectivity index (χ0n) is 10.5. The van der Waals surface area contributed by atoms with E-state index in [0.717, 1.165) is 6.07 Å². The number of carbonyl (C=O) groups is 1. The molecule has 1 heterocycles. The van der Waals surface area contributed by atoms with Crippen LogP contribution in [0.2, 0.25) is 0 Å². The highest BCUT2D eigenvalue weighted by atomic mass is 19.4. The van der Waals surface area contributed by atoms with Crippen LogP contribution < -0.4 is 9.47 Å². The average molecular weight is 289 g/mol. The van der Waals surface area contributed by atoms with Gasteiger partial charge in [-0.15, -0.1) is 13.2 Å². The minimum atomic E-state index is -4.86. The number of aryl methyl sites for hydroxylation is 1. The summed E-state index contributed by atoms with van der Waals surface area (Å²) in [5.74, 6) is -1.83. The van der Waals surface area contributed by atoms with Crippen LogP contribution in [0.4, 0.5) is 13.2 Å². The zero-order chi connectivity index (χ0) is 15.1. The Kier molecular flexibility index (Phi) is 3.24. The minimum absolute atomic E-state index is 0.0498. The van der Waals surface area contributed by atoms with E-state index in [-0.39, 0.29) is 11.4 Å². The highest BCUT2D eigenvalue weighted by molar-refractivity contribution is 5.95. The van der Waals surface area contributed by atoms with Crippen LogP contribution in [0.5, 0.6) is 11.5 Å². The molecular formula is C12H10F3NO4. The monoisotopic (exact) mass is 289 g/mol. The Morgan fingerprint density at radius 2 is 1.90 bits per heavy atom. The van der Waals surface area contributed by atoms with E-state index in [1.54, 1.807) is 0 Å². The smallest absolute Gasteiger partial charge is 0.493 e. The number of fused-ring (bicyclic) bond motifs is 1. The molecule has 1 aromatic heterocycles. The van der Waals surface area contributed by atoms with Crippen LogP contribution in [0, 0.1) is 0 Å². The molecule has 0 fully saturated rings. The molecule has 2 rings (SSSR count). The van der Waals surface area contributed by atoms with Gasteiger partial charge in [0.15, 0.2) is 11.5 Å². The lowest BCUT2D eigenvalue weighted by Crippen LogP contribution is -2.17. The second-order valence-electron chi connectivity index (χ2n) is 4.00. The van der Waals surface area contributed by atoms with E-state index < -0.39 is 18.1 Å². The van der Waals surface area contributed by atoms with Gasteiger partial charge >= 0.3 is 12.3 Å². The van der Waals surface area contributed by atoms with Crippen molar-refractivity contribution < 1.29 is 32.5 Å². The number of carboxylic acid groups (broad SMARTS) is 1. The molecular weight excluding hydrogens is 279 g/mol. The molecule has 0 unspecified atom stereocenters. The van der Waals surface area contributed by atoms with Crippen molar-refractivity contribution in [1.29, 1.82) is 0 Å². The Labute approximate surface area is 111 Å². The lowest BCUT2D eigenvalue weighted by Gasteiger charge is -2.13. The van der Waals surface area contributed by atoms with Gasteiger partial charge in [0.25, 0.3) is 0 Å². The molecule has 0 aliphatic rings. The molecule has 1 N–H and O–H groups in total. The third-order valence-electron chi connectivity index (χ3n) is 2.77. The summed E-state index contributed by atoms with van der Waals surface area (Å²) in [7, 11) is 2.70. The van der Waals surface area contributed by atoms with Crippen LogP contribution in [0.3, 0.4) is 0 Å². The SMILES string of the molecule is COc1cc2c(cc1OC(F)(F)F)cc(C(=O)O)n2C. The second-order valence-corrected chi connectivity index (χ2v) is 4.00. The second kappa shape index (κ2) is 4.62. The fraction of sp³-hybridized carbons (Fsp3) is 0.250. The van der Waals surface area contributed by atoms with Crippen LogP contribution in [-0.2, 0) is 7.05 Å². The number of halogens is 3. The van der Waals surface area contributed by atoms with E-state index in [2.05, 4.69) is 4.74 Å². The molecule has 0 atom stereocenters. The molecule has 0 spiro atoms. The molecule has 0 amide bonds. The van der Waals surface area contributed by atoms with E-state index in [0.29, 0.717) is 10.9 Å². The third kappa shape index (κ3) is 2.49. The van der Waals surface area contributed by atoms with E-state index >= 15 is 0 Å². The van der Waals surface area contributed by atoms with Crippen LogP contribution in [0.1, 0.15) is 10.5 Å². The van der Waals surface area contributed by atoms with Crippen molar-refractivity contribution in [3.05, 3.63) is 23.9 Å². The Balaban J connectivity index is 2.63. The lowest BCUT2D eigenvalue weighted by atomic mass is 10.2. The number of carboxylic acids is 1. The van der Waals surface area contributed by atoms with Gasteiger partial charge in [-0.05, 0) is 12.1 Å². The molecule has 5 nitrogen and oxygen atoms in total. The van der Waals surface area contributed by atoms with Gasteiger partial charge in [-0.1, -0.05) is 0 Å². The summed E-state index contributed by atoms with van der Waals surface area (Å²) in [4.78, 5) is 11.0. The third-order valence-corrected chi connectivity index (χ3v) is 2.77. The molecule has 0 bridgehead atoms. The number of nitrogens with zero attached hydrogens (tertiary/aromatic N) is 1. The number of ether oxygens (including phenoxy) is 2. The molecule has 108 valence electrons. The number of benzene rings is 1. The van der Waals surface area contributed by atoms with Crippen molar-refractivity contribution in [3.8, 4) is 11.5 Å². The molecule has 0 saturated carbocycles. The first kappa shape index (κ1) is 14.0. The van der Waals surface area contributed by atoms with Crippen LogP contribution in [-0.4, -0.2) is 29.1 Å². The Morgan fingerprint density at radius 3 is 2.40 bits per heavy atom. The van der Waals surface area contributed by atoms with Crippen molar-refractivity contribution in [2.75, 3.05) is 7.11 Å². The molecule has 2 aromatic rings. The predicted octanol–water partition coefficient (Wildman–Crippen LogP) is 2.78. The van der Waals surface area contributed by atoms with Crippen molar-refractivity contribution in [2.45, 2.75) is 6.36 Å². The summed E-state index contributed by atoms with van der Waals surface area (Å²) in [6.45, 7) is 0. The average Bonchev–Trinajstić information content (AvgIpc) is 2.63. The van der Waals surface area contributed by atoms with Gasteiger partial charge in [-0.25, -0.2) is 4.79 Å².